The average molecular weight is 855 g/mol. The number of nitrogens with zero attached hydrogens (tertiary/aromatic N) is 1. The number of halogens is 6. The number of esters is 2. The molecule has 35 heavy (non-hydrogen) atoms. The molecule has 190 valence electrons. The summed E-state index contributed by atoms with van der Waals surface area (Å²) in [5, 5.41) is 11.3. The van der Waals surface area contributed by atoms with E-state index in [1.54, 1.807) is 12.1 Å². The van der Waals surface area contributed by atoms with Gasteiger partial charge in [0.1, 0.15) is 17.1 Å². The summed E-state index contributed by atoms with van der Waals surface area (Å²) < 4.78 is 82.6. The third kappa shape index (κ3) is 7.35. The molecule has 0 bridgehead atoms. The Balaban J connectivity index is 2.49. The number of nitro groups is 1. The summed E-state index contributed by atoms with van der Waals surface area (Å²) in [6, 6.07) is 5.65. The molecular weight excluding hydrogens is 844 g/mol. The van der Waals surface area contributed by atoms with E-state index in [0.717, 1.165) is 6.07 Å². The van der Waals surface area contributed by atoms with E-state index < -0.39 is 61.5 Å². The van der Waals surface area contributed by atoms with Crippen molar-refractivity contribution in [3.05, 3.63) is 62.3 Å². The maximum absolute atomic E-state index is 13.5. The molecule has 0 aromatic heterocycles. The largest absolute Gasteiger partial charge is 0.445 e. The number of benzene rings is 2. The number of alkyl halides is 3. The Kier molecular flexibility index (Phi) is 9.37. The molecule has 17 heteroatoms. The molecule has 1 atom stereocenters. The van der Waals surface area contributed by atoms with E-state index in [-0.39, 0.29) is 12.5 Å². The molecule has 0 radical (unpaired) electrons. The van der Waals surface area contributed by atoms with E-state index >= 15 is 0 Å². The molecule has 0 fully saturated rings. The van der Waals surface area contributed by atoms with Gasteiger partial charge >= 0.3 is 18.1 Å². The first-order valence-electron chi connectivity index (χ1n) is 8.75. The number of carbonyl (C=O) groups is 2. The zero-order valence-corrected chi connectivity index (χ0v) is 24.2. The topological polar surface area (TPSA) is 150 Å². The molecule has 0 aliphatic carbocycles. The molecule has 0 amide bonds. The Hall–Kier alpha value is -1.33. The quantitative estimate of drug-likeness (QED) is 0.0774. The predicted molar refractivity (Wildman–Crippen MR) is 139 cm³/mol. The van der Waals surface area contributed by atoms with Gasteiger partial charge in [-0.1, -0.05) is 0 Å². The number of rotatable bonds is 7. The second-order valence-corrected chi connectivity index (χ2v) is 11.7. The summed E-state index contributed by atoms with van der Waals surface area (Å²) >= 11 is 5.75. The highest BCUT2D eigenvalue weighted by molar-refractivity contribution is 14.1. The lowest BCUT2D eigenvalue weighted by atomic mass is 10.1. The predicted octanol–water partition coefficient (Wildman–Crippen LogP) is 4.99. The van der Waals surface area contributed by atoms with Gasteiger partial charge in [0.05, 0.1) is 10.5 Å². The molecule has 10 nitrogen and oxygen atoms in total. The molecule has 0 heterocycles. The van der Waals surface area contributed by atoms with Crippen molar-refractivity contribution in [1.82, 2.24) is 0 Å². The van der Waals surface area contributed by atoms with Crippen molar-refractivity contribution in [1.29, 1.82) is 0 Å². The van der Waals surface area contributed by atoms with Crippen molar-refractivity contribution in [3.63, 3.8) is 0 Å². The van der Waals surface area contributed by atoms with Crippen LogP contribution in [0.5, 0.6) is 5.75 Å². The number of nitro benzene ring substituents is 1. The number of hydrogen-bond acceptors (Lipinski definition) is 8. The molecule has 0 aliphatic rings. The summed E-state index contributed by atoms with van der Waals surface area (Å²) in [4.78, 5) is 35.5. The molecule has 0 aliphatic heterocycles. The Bertz CT molecular complexity index is 1320. The summed E-state index contributed by atoms with van der Waals surface area (Å²) in [7, 11) is -5.29. The van der Waals surface area contributed by atoms with Crippen LogP contribution in [-0.2, 0) is 14.9 Å². The van der Waals surface area contributed by atoms with Gasteiger partial charge in [0.15, 0.2) is 0 Å². The van der Waals surface area contributed by atoms with Gasteiger partial charge in [0, 0.05) is 22.8 Å². The zero-order chi connectivity index (χ0) is 26.9. The monoisotopic (exact) mass is 855 g/mol. The summed E-state index contributed by atoms with van der Waals surface area (Å²) in [6.45, 7) is 0.176. The average Bonchev–Trinajstić information content (AvgIpc) is 2.68. The second kappa shape index (κ2) is 11.0. The van der Waals surface area contributed by atoms with Crippen LogP contribution < -0.4 is 4.74 Å². The maximum Gasteiger partial charge on any atom is 0.429 e. The van der Waals surface area contributed by atoms with Crippen molar-refractivity contribution in [3.8, 4) is 5.75 Å². The lowest BCUT2D eigenvalue weighted by Gasteiger charge is -2.30. The Morgan fingerprint density at radius 1 is 1.09 bits per heavy atom. The van der Waals surface area contributed by atoms with E-state index in [1.165, 1.54) is 0 Å². The number of carbonyl (C=O) groups excluding carboxylic acids is 2. The summed E-state index contributed by atoms with van der Waals surface area (Å²) in [5.74, 6) is -5.32. The minimum absolute atomic E-state index is 0.151. The van der Waals surface area contributed by atoms with Gasteiger partial charge in [0.2, 0.25) is 5.60 Å². The third-order valence-electron chi connectivity index (χ3n) is 4.22. The van der Waals surface area contributed by atoms with E-state index in [9.17, 15) is 41.3 Å². The van der Waals surface area contributed by atoms with Crippen LogP contribution in [0.1, 0.15) is 27.6 Å². The minimum atomic E-state index is -5.48. The first-order chi connectivity index (χ1) is 15.9. The molecule has 2 rings (SSSR count). The van der Waals surface area contributed by atoms with Gasteiger partial charge in [0.25, 0.3) is 15.8 Å². The smallest absolute Gasteiger partial charge is 0.429 e. The van der Waals surface area contributed by atoms with E-state index in [0.29, 0.717) is 22.8 Å². The van der Waals surface area contributed by atoms with Gasteiger partial charge in [-0.15, -0.1) is 0 Å². The van der Waals surface area contributed by atoms with E-state index in [2.05, 4.69) is 4.74 Å². The van der Waals surface area contributed by atoms with Crippen LogP contribution in [0, 0.1) is 20.8 Å². The maximum atomic E-state index is 13.5. The lowest BCUT2D eigenvalue weighted by Crippen LogP contribution is -2.51. The second-order valence-electron chi connectivity index (χ2n) is 6.89. The van der Waals surface area contributed by atoms with Crippen LogP contribution in [0.3, 0.4) is 0 Å². The number of ether oxygens (including phenoxy) is 2. The zero-order valence-electron chi connectivity index (χ0n) is 16.9. The first-order valence-corrected chi connectivity index (χ1v) is 13.6. The summed E-state index contributed by atoms with van der Waals surface area (Å²) in [6.07, 6.45) is -5.48. The first kappa shape index (κ1) is 29.9. The summed E-state index contributed by atoms with van der Waals surface area (Å²) in [5.41, 5.74) is -5.63. The SMILES string of the molecule is CC(CS(=O)(=O)O)(OC(=O)c1cc(OC(=O)c2c(I)ccc(I)c2I)ccc1[N+](=O)[O-])C(F)(F)F. The van der Waals surface area contributed by atoms with E-state index in [4.69, 9.17) is 9.29 Å². The molecule has 0 saturated heterocycles. The van der Waals surface area contributed by atoms with Crippen LogP contribution in [0.25, 0.3) is 0 Å². The molecular formula is C18H11F3I3NO9S. The Morgan fingerprint density at radius 3 is 2.17 bits per heavy atom. The standard InChI is InChI=1S/C18H11F3I3NO9S/c1-17(18(19,20)21,7-35(30,31)32)34-15(26)9-6-8(2-5-12(9)25(28)29)33-16(27)13-10(22)3-4-11(23)14(13)24/h2-6H,7H2,1H3,(H,30,31,32). The van der Waals surface area contributed by atoms with Gasteiger partial charge in [-0.25, -0.2) is 9.59 Å². The number of hydrogen-bond donors (Lipinski definition) is 1. The van der Waals surface area contributed by atoms with Gasteiger partial charge in [-0.3, -0.25) is 14.7 Å². The van der Waals surface area contributed by atoms with Crippen LogP contribution in [0.15, 0.2) is 30.3 Å². The van der Waals surface area contributed by atoms with Crippen LogP contribution >= 0.6 is 67.8 Å². The molecule has 1 unspecified atom stereocenters. The molecule has 0 saturated carbocycles. The molecule has 2 aromatic carbocycles. The fourth-order valence-electron chi connectivity index (χ4n) is 2.55. The van der Waals surface area contributed by atoms with Crippen LogP contribution in [0.4, 0.5) is 18.9 Å². The van der Waals surface area contributed by atoms with Crippen molar-refractivity contribution >= 4 is 95.5 Å². The fraction of sp³-hybridized carbons (Fsp3) is 0.222. The van der Waals surface area contributed by atoms with Crippen LogP contribution in [-0.4, -0.2) is 47.4 Å². The lowest BCUT2D eigenvalue weighted by molar-refractivity contribution is -0.385. The molecule has 1 N–H and O–H groups in total. The Labute approximate surface area is 236 Å². The highest BCUT2D eigenvalue weighted by atomic mass is 127. The van der Waals surface area contributed by atoms with Gasteiger partial charge in [-0.2, -0.15) is 21.6 Å². The van der Waals surface area contributed by atoms with E-state index in [1.807, 2.05) is 67.8 Å². The highest BCUT2D eigenvalue weighted by Crippen LogP contribution is 2.37. The molecule has 2 aromatic rings. The Morgan fingerprint density at radius 2 is 1.66 bits per heavy atom. The normalized spacial score (nSPS) is 13.6. The van der Waals surface area contributed by atoms with Crippen molar-refractivity contribution in [2.45, 2.75) is 18.7 Å². The fourth-order valence-corrected chi connectivity index (χ4v) is 5.79. The third-order valence-corrected chi connectivity index (χ3v) is 9.08. The van der Waals surface area contributed by atoms with Crippen LogP contribution in [0.2, 0.25) is 0 Å². The van der Waals surface area contributed by atoms with Gasteiger partial charge in [-0.05, 0) is 92.9 Å². The van der Waals surface area contributed by atoms with Crippen molar-refractivity contribution in [2.24, 2.45) is 0 Å². The van der Waals surface area contributed by atoms with Crippen molar-refractivity contribution in [2.75, 3.05) is 5.75 Å². The minimum Gasteiger partial charge on any atom is -0.445 e. The highest BCUT2D eigenvalue weighted by Gasteiger charge is 2.57. The molecule has 0 spiro atoms. The van der Waals surface area contributed by atoms with Crippen molar-refractivity contribution < 1.29 is 50.1 Å². The van der Waals surface area contributed by atoms with Gasteiger partial charge < -0.3 is 9.47 Å².